The van der Waals surface area contributed by atoms with Gasteiger partial charge in [-0.25, -0.2) is 0 Å². The van der Waals surface area contributed by atoms with Crippen LogP contribution in [0, 0.1) is 0 Å². The van der Waals surface area contributed by atoms with Crippen molar-refractivity contribution in [3.63, 3.8) is 0 Å². The number of hydrogen-bond acceptors (Lipinski definition) is 0. The summed E-state index contributed by atoms with van der Waals surface area (Å²) in [6.07, 6.45) is 0. The molecule has 0 bridgehead atoms. The molecule has 0 aliphatic carbocycles. The Morgan fingerprint density at radius 3 is 0.880 bits per heavy atom. The van der Waals surface area contributed by atoms with E-state index in [1.54, 1.807) is 9.74 Å². The van der Waals surface area contributed by atoms with Crippen molar-refractivity contribution < 1.29 is 0 Å². The summed E-state index contributed by atoms with van der Waals surface area (Å²) in [5.74, 6) is 0. The Hall–Kier alpha value is 12.4. The zero-order chi connectivity index (χ0) is 19.6. The Labute approximate surface area is 299 Å². The normalized spacial score (nSPS) is 16.1. The predicted octanol–water partition coefficient (Wildman–Crippen LogP) is 15.5. The molecule has 0 saturated heterocycles. The van der Waals surface area contributed by atoms with Crippen LogP contribution in [-0.2, 0) is 0 Å². The molecule has 0 aromatic carbocycles. The third-order valence-corrected chi connectivity index (χ3v) is 216. The van der Waals surface area contributed by atoms with E-state index in [-0.39, 0.29) is 0 Å². The first-order valence-corrected chi connectivity index (χ1v) is 85.5. The summed E-state index contributed by atoms with van der Waals surface area (Å²) in [7, 11) is 0. The van der Waals surface area contributed by atoms with Crippen LogP contribution < -0.4 is 0 Å². The number of alkyl halides is 15. The molecule has 0 N–H and O–H groups in total. The predicted molar refractivity (Wildman–Crippen MR) is 278 cm³/mol. The molecule has 17 heteroatoms. The fourth-order valence-electron chi connectivity index (χ4n) is 0.991. The number of halogens is 17. The van der Waals surface area contributed by atoms with Gasteiger partial charge in [0.15, 0.2) is 0 Å². The summed E-state index contributed by atoms with van der Waals surface area (Å²) in [5.41, 5.74) is 0. The zero-order valence-electron chi connectivity index (χ0n) is 12.4. The first kappa shape index (κ1) is 37.4. The van der Waals surface area contributed by atoms with Gasteiger partial charge in [0.25, 0.3) is 0 Å². The SMILES string of the molecule is CI(I)CI(I)CI(I)CI(I)CI(I)CI(I)CI(I)CI(I)I. The van der Waals surface area contributed by atoms with Crippen LogP contribution in [0.25, 0.3) is 0 Å². The Morgan fingerprint density at radius 2 is 0.640 bits per heavy atom. The van der Waals surface area contributed by atoms with E-state index in [4.69, 9.17) is 0 Å². The van der Waals surface area contributed by atoms with Crippen LogP contribution in [0.5, 0.6) is 0 Å². The quantitative estimate of drug-likeness (QED) is 0.120. The molecule has 168 valence electrons. The van der Waals surface area contributed by atoms with Gasteiger partial charge in [0.2, 0.25) is 0 Å². The maximum absolute atomic E-state index is 3.01. The zero-order valence-corrected chi connectivity index (χ0v) is 49.1. The third-order valence-electron chi connectivity index (χ3n) is 1.53. The van der Waals surface area contributed by atoms with Gasteiger partial charge in [-0.2, -0.15) is 0 Å². The van der Waals surface area contributed by atoms with Gasteiger partial charge >= 0.3 is 312 Å². The minimum absolute atomic E-state index is 0.462. The van der Waals surface area contributed by atoms with Gasteiger partial charge in [-0.3, -0.25) is 0 Å². The van der Waals surface area contributed by atoms with Crippen LogP contribution in [0.3, 0.4) is 0 Å². The molecule has 0 nitrogen and oxygen atoms in total. The van der Waals surface area contributed by atoms with E-state index in [1.165, 1.54) is 0 Å². The molecule has 0 aromatic rings. The molecule has 0 unspecified atom stereocenters. The molecular formula is C8H17I17. The topological polar surface area (TPSA) is 0 Å². The second kappa shape index (κ2) is 24.2. The molecule has 0 aliphatic heterocycles. The van der Waals surface area contributed by atoms with Crippen LogP contribution in [0.15, 0.2) is 0 Å². The van der Waals surface area contributed by atoms with Crippen molar-refractivity contribution in [3.05, 3.63) is 0 Å². The molecule has 0 aliphatic rings. The number of rotatable bonds is 14. The van der Waals surface area contributed by atoms with Gasteiger partial charge in [0.05, 0.1) is 0 Å². The fraction of sp³-hybridized carbons (Fsp3) is 1.00. The molecule has 0 aromatic heterocycles. The van der Waals surface area contributed by atoms with E-state index < -0.39 is 123 Å². The molecule has 0 fully saturated rings. The molecular weight excluding hydrogens is 2250 g/mol. The van der Waals surface area contributed by atoms with Gasteiger partial charge < -0.3 is 0 Å². The molecule has 0 radical (unpaired) electrons. The van der Waals surface area contributed by atoms with E-state index >= 15 is 0 Å². The van der Waals surface area contributed by atoms with Gasteiger partial charge in [-0.05, 0) is 0 Å². The van der Waals surface area contributed by atoms with Crippen LogP contribution in [-0.4, -0.2) is 22.0 Å². The van der Waals surface area contributed by atoms with Gasteiger partial charge in [-0.15, -0.1) is 0 Å². The van der Waals surface area contributed by atoms with Gasteiger partial charge in [-0.1, -0.05) is 0 Å². The summed E-state index contributed by atoms with van der Waals surface area (Å²) in [4.78, 5) is 2.57. The van der Waals surface area contributed by atoms with Crippen molar-refractivity contribution in [2.45, 2.75) is 0 Å². The fourth-order valence-corrected chi connectivity index (χ4v) is 415. The van der Waals surface area contributed by atoms with E-state index in [9.17, 15) is 0 Å². The Morgan fingerprint density at radius 1 is 0.400 bits per heavy atom. The summed E-state index contributed by atoms with van der Waals surface area (Å²) in [6, 6.07) is 0. The van der Waals surface area contributed by atoms with Crippen LogP contribution in [0.2, 0.25) is 0 Å². The number of hydrogen-bond donors (Lipinski definition) is 0. The molecule has 0 heterocycles. The van der Waals surface area contributed by atoms with Crippen molar-refractivity contribution in [2.24, 2.45) is 0 Å². The van der Waals surface area contributed by atoms with Crippen LogP contribution in [0.4, 0.5) is 0 Å². The van der Waals surface area contributed by atoms with E-state index in [0.717, 1.165) is 0 Å². The van der Waals surface area contributed by atoms with Gasteiger partial charge in [0, 0.05) is 0 Å². The minimum atomic E-state index is -0.547. The van der Waals surface area contributed by atoms with Crippen molar-refractivity contribution in [3.8, 4) is 0 Å². The van der Waals surface area contributed by atoms with Crippen molar-refractivity contribution in [1.29, 1.82) is 0 Å². The van der Waals surface area contributed by atoms with Crippen LogP contribution in [0.1, 0.15) is 0 Å². The second-order valence-electron chi connectivity index (χ2n) is 3.82. The first-order chi connectivity index (χ1) is 11.5. The summed E-state index contributed by atoms with van der Waals surface area (Å²) in [6.45, 7) is 0. The van der Waals surface area contributed by atoms with Crippen molar-refractivity contribution in [1.82, 2.24) is 0 Å². The summed E-state index contributed by atoms with van der Waals surface area (Å²) < 4.78 is 12.5. The average Bonchev–Trinajstić information content (AvgIpc) is 2.34. The van der Waals surface area contributed by atoms with E-state index in [0.29, 0.717) is 0 Å². The Balaban J connectivity index is 4.05. The monoisotopic (exact) mass is 2270 g/mol. The summed E-state index contributed by atoms with van der Waals surface area (Å²) >= 11 is 22.1. The van der Waals surface area contributed by atoms with Gasteiger partial charge in [0.1, 0.15) is 0 Å². The van der Waals surface area contributed by atoms with Crippen molar-refractivity contribution >= 4 is 290 Å². The van der Waals surface area contributed by atoms with E-state index in [1.807, 2.05) is 7.30 Å². The first-order valence-electron chi connectivity index (χ1n) is 5.41. The Kier molecular flexibility index (Phi) is 36.3. The Bertz CT molecular complexity index is 296. The van der Waals surface area contributed by atoms with Crippen LogP contribution >= 0.6 is 290 Å². The molecule has 25 heavy (non-hydrogen) atoms. The average molecular weight is 2270 g/mol. The molecule has 0 atom stereocenters. The molecule has 0 amide bonds. The van der Waals surface area contributed by atoms with E-state index in [2.05, 4.69) is 172 Å². The summed E-state index contributed by atoms with van der Waals surface area (Å²) in [5, 5.41) is 0. The molecule has 0 rings (SSSR count). The molecule has 0 saturated carbocycles. The molecule has 0 spiro atoms. The second-order valence-corrected chi connectivity index (χ2v) is 132. The third kappa shape index (κ3) is 26.4. The standard InChI is InChI=1S/C8H17I17/c1-18(9)2-19(10)3-20(11)4-21(12)5-22(13)6-23(14)7-24(15)8-25(16)17/h2-8H2,1H3. The van der Waals surface area contributed by atoms with Crippen molar-refractivity contribution in [2.75, 3.05) is 22.0 Å². The maximum atomic E-state index is 3.01.